The van der Waals surface area contributed by atoms with E-state index in [-0.39, 0.29) is 12.5 Å². The summed E-state index contributed by atoms with van der Waals surface area (Å²) in [6.45, 7) is 5.50. The molecule has 0 unspecified atom stereocenters. The van der Waals surface area contributed by atoms with Crippen molar-refractivity contribution in [3.63, 3.8) is 0 Å². The Kier molecular flexibility index (Phi) is 5.52. The fourth-order valence-corrected chi connectivity index (χ4v) is 3.37. The van der Waals surface area contributed by atoms with Gasteiger partial charge in [0.25, 0.3) is 0 Å². The smallest absolute Gasteiger partial charge is 0.457 e. The molecule has 1 N–H and O–H groups in total. The molecule has 0 radical (unpaired) electrons. The quantitative estimate of drug-likeness (QED) is 0.401. The van der Waals surface area contributed by atoms with Crippen LogP contribution in [-0.2, 0) is 16.1 Å². The highest BCUT2D eigenvalue weighted by Crippen LogP contribution is 2.39. The molecule has 160 valence electrons. The van der Waals surface area contributed by atoms with Crippen LogP contribution in [0.2, 0.25) is 0 Å². The SMILES string of the molecule is COCc1c(OC(=O)OC(C)(C)C)ncc2[nH]c3cccc(Oc4ccccc4)c3c12. The lowest BCUT2D eigenvalue weighted by Crippen LogP contribution is -2.26. The monoisotopic (exact) mass is 420 g/mol. The molecule has 2 aromatic carbocycles. The molecule has 0 saturated carbocycles. The Morgan fingerprint density at radius 3 is 2.48 bits per heavy atom. The number of pyridine rings is 1. The fraction of sp³-hybridized carbons (Fsp3) is 0.250. The van der Waals surface area contributed by atoms with E-state index in [1.807, 2.05) is 48.5 Å². The second kappa shape index (κ2) is 8.28. The molecule has 2 aromatic heterocycles. The van der Waals surface area contributed by atoms with Gasteiger partial charge in [-0.25, -0.2) is 9.78 Å². The van der Waals surface area contributed by atoms with Crippen molar-refractivity contribution in [2.45, 2.75) is 33.0 Å². The summed E-state index contributed by atoms with van der Waals surface area (Å²) >= 11 is 0. The number of carbonyl (C=O) groups is 1. The van der Waals surface area contributed by atoms with Gasteiger partial charge in [0.1, 0.15) is 17.1 Å². The van der Waals surface area contributed by atoms with Gasteiger partial charge in [-0.2, -0.15) is 0 Å². The number of hydrogen-bond acceptors (Lipinski definition) is 6. The number of nitrogens with zero attached hydrogens (tertiary/aromatic N) is 1. The van der Waals surface area contributed by atoms with Crippen LogP contribution in [0.1, 0.15) is 26.3 Å². The average molecular weight is 420 g/mol. The fourth-order valence-electron chi connectivity index (χ4n) is 3.37. The lowest BCUT2D eigenvalue weighted by molar-refractivity contribution is 0.0192. The number of H-pyrrole nitrogens is 1. The Morgan fingerprint density at radius 1 is 1.00 bits per heavy atom. The summed E-state index contributed by atoms with van der Waals surface area (Å²) in [5.74, 6) is 1.53. The van der Waals surface area contributed by atoms with E-state index in [1.165, 1.54) is 0 Å². The van der Waals surface area contributed by atoms with Gasteiger partial charge in [-0.15, -0.1) is 0 Å². The van der Waals surface area contributed by atoms with Gasteiger partial charge >= 0.3 is 6.16 Å². The normalized spacial score (nSPS) is 11.6. The number of ether oxygens (including phenoxy) is 4. The number of nitrogens with one attached hydrogen (secondary N) is 1. The molecule has 4 rings (SSSR count). The molecule has 0 bridgehead atoms. The van der Waals surface area contributed by atoms with Crippen molar-refractivity contribution in [2.75, 3.05) is 7.11 Å². The van der Waals surface area contributed by atoms with Gasteiger partial charge in [0.15, 0.2) is 0 Å². The molecule has 0 atom stereocenters. The summed E-state index contributed by atoms with van der Waals surface area (Å²) in [6, 6.07) is 15.3. The first-order valence-electron chi connectivity index (χ1n) is 9.90. The molecular formula is C24H24N2O5. The maximum Gasteiger partial charge on any atom is 0.515 e. The van der Waals surface area contributed by atoms with Crippen LogP contribution >= 0.6 is 0 Å². The molecule has 0 aliphatic carbocycles. The molecular weight excluding hydrogens is 396 g/mol. The van der Waals surface area contributed by atoms with Crippen molar-refractivity contribution in [1.29, 1.82) is 0 Å². The summed E-state index contributed by atoms with van der Waals surface area (Å²) in [6.07, 6.45) is 0.804. The zero-order chi connectivity index (χ0) is 22.0. The molecule has 7 heteroatoms. The third-order valence-corrected chi connectivity index (χ3v) is 4.51. The van der Waals surface area contributed by atoms with Crippen LogP contribution in [-0.4, -0.2) is 28.8 Å². The van der Waals surface area contributed by atoms with Crippen LogP contribution in [0.15, 0.2) is 54.7 Å². The number of carbonyl (C=O) groups excluding carboxylic acids is 1. The van der Waals surface area contributed by atoms with Crippen molar-refractivity contribution >= 4 is 28.0 Å². The first-order valence-corrected chi connectivity index (χ1v) is 9.90. The van der Waals surface area contributed by atoms with Gasteiger partial charge in [0, 0.05) is 12.5 Å². The van der Waals surface area contributed by atoms with Crippen LogP contribution in [0.25, 0.3) is 21.8 Å². The number of hydrogen-bond donors (Lipinski definition) is 1. The van der Waals surface area contributed by atoms with E-state index in [4.69, 9.17) is 18.9 Å². The molecule has 0 aliphatic heterocycles. The zero-order valence-electron chi connectivity index (χ0n) is 17.9. The van der Waals surface area contributed by atoms with Gasteiger partial charge in [-0.1, -0.05) is 24.3 Å². The minimum atomic E-state index is -0.822. The molecule has 31 heavy (non-hydrogen) atoms. The first kappa shape index (κ1) is 20.7. The maximum absolute atomic E-state index is 12.3. The highest BCUT2D eigenvalue weighted by atomic mass is 16.7. The lowest BCUT2D eigenvalue weighted by Gasteiger charge is -2.19. The van der Waals surface area contributed by atoms with E-state index in [2.05, 4.69) is 9.97 Å². The standard InChI is InChI=1S/C24H24N2O5/c1-24(2,3)31-23(27)30-22-16(14-28-4)20-18(13-25-22)26-17-11-8-12-19(21(17)20)29-15-9-6-5-7-10-15/h5-13,26H,14H2,1-4H3. The summed E-state index contributed by atoms with van der Waals surface area (Å²) in [5.41, 5.74) is 1.60. The highest BCUT2D eigenvalue weighted by molar-refractivity contribution is 6.12. The lowest BCUT2D eigenvalue weighted by atomic mass is 10.1. The second-order valence-electron chi connectivity index (χ2n) is 8.05. The van der Waals surface area contributed by atoms with E-state index >= 15 is 0 Å². The summed E-state index contributed by atoms with van der Waals surface area (Å²) in [5, 5.41) is 1.67. The van der Waals surface area contributed by atoms with Crippen molar-refractivity contribution in [3.8, 4) is 17.4 Å². The number of aromatic amines is 1. The van der Waals surface area contributed by atoms with Crippen LogP contribution in [0.5, 0.6) is 17.4 Å². The van der Waals surface area contributed by atoms with Crippen molar-refractivity contribution in [3.05, 3.63) is 60.3 Å². The van der Waals surface area contributed by atoms with Crippen molar-refractivity contribution < 1.29 is 23.7 Å². The van der Waals surface area contributed by atoms with Gasteiger partial charge < -0.3 is 23.9 Å². The molecule has 7 nitrogen and oxygen atoms in total. The number of rotatable bonds is 5. The van der Waals surface area contributed by atoms with Crippen LogP contribution < -0.4 is 9.47 Å². The van der Waals surface area contributed by atoms with E-state index in [9.17, 15) is 4.79 Å². The zero-order valence-corrected chi connectivity index (χ0v) is 17.9. The predicted molar refractivity (Wildman–Crippen MR) is 118 cm³/mol. The molecule has 2 heterocycles. The molecule has 0 aliphatic rings. The van der Waals surface area contributed by atoms with Crippen LogP contribution in [0.3, 0.4) is 0 Å². The van der Waals surface area contributed by atoms with E-state index < -0.39 is 11.8 Å². The predicted octanol–water partition coefficient (Wildman–Crippen LogP) is 5.97. The number of para-hydroxylation sites is 1. The molecule has 0 fully saturated rings. The molecule has 0 saturated heterocycles. The van der Waals surface area contributed by atoms with Gasteiger partial charge in [-0.3, -0.25) is 0 Å². The Hall–Kier alpha value is -3.58. The minimum absolute atomic E-state index is 0.138. The Morgan fingerprint density at radius 2 is 1.77 bits per heavy atom. The van der Waals surface area contributed by atoms with Gasteiger partial charge in [0.2, 0.25) is 5.88 Å². The maximum atomic E-state index is 12.3. The molecule has 0 amide bonds. The van der Waals surface area contributed by atoms with Crippen LogP contribution in [0.4, 0.5) is 4.79 Å². The minimum Gasteiger partial charge on any atom is -0.457 e. The van der Waals surface area contributed by atoms with E-state index in [0.717, 1.165) is 27.6 Å². The number of methoxy groups -OCH3 is 1. The Bertz CT molecular complexity index is 1230. The van der Waals surface area contributed by atoms with E-state index in [0.29, 0.717) is 11.3 Å². The summed E-state index contributed by atoms with van der Waals surface area (Å²) < 4.78 is 22.3. The van der Waals surface area contributed by atoms with Crippen molar-refractivity contribution in [1.82, 2.24) is 9.97 Å². The second-order valence-corrected chi connectivity index (χ2v) is 8.05. The summed E-state index contributed by atoms with van der Waals surface area (Å²) in [4.78, 5) is 20.0. The van der Waals surface area contributed by atoms with E-state index in [1.54, 1.807) is 34.1 Å². The van der Waals surface area contributed by atoms with Gasteiger partial charge in [0.05, 0.1) is 34.8 Å². The van der Waals surface area contributed by atoms with Crippen LogP contribution in [0, 0.1) is 0 Å². The average Bonchev–Trinajstić information content (AvgIpc) is 3.09. The highest BCUT2D eigenvalue weighted by Gasteiger charge is 2.23. The largest absolute Gasteiger partial charge is 0.515 e. The number of fused-ring (bicyclic) bond motifs is 3. The first-order chi connectivity index (χ1) is 14.9. The number of aromatic nitrogens is 2. The Labute approximate surface area is 179 Å². The summed E-state index contributed by atoms with van der Waals surface area (Å²) in [7, 11) is 1.58. The topological polar surface area (TPSA) is 82.7 Å². The van der Waals surface area contributed by atoms with Gasteiger partial charge in [-0.05, 0) is 45.0 Å². The third kappa shape index (κ3) is 4.46. The molecule has 4 aromatic rings. The number of benzene rings is 2. The van der Waals surface area contributed by atoms with Crippen molar-refractivity contribution in [2.24, 2.45) is 0 Å². The molecule has 0 spiro atoms. The Balaban J connectivity index is 1.85. The third-order valence-electron chi connectivity index (χ3n) is 4.51.